The van der Waals surface area contributed by atoms with Crippen molar-refractivity contribution in [3.8, 4) is 0 Å². The number of hydrogen-bond donors (Lipinski definition) is 1. The summed E-state index contributed by atoms with van der Waals surface area (Å²) >= 11 is 4.97. The van der Waals surface area contributed by atoms with Gasteiger partial charge >= 0.3 is 5.43 Å². The monoisotopic (exact) mass is 349 g/mol. The quantitative estimate of drug-likeness (QED) is 0.595. The predicted molar refractivity (Wildman–Crippen MR) is 103 cm³/mol. The van der Waals surface area contributed by atoms with Crippen molar-refractivity contribution in [2.24, 2.45) is 0 Å². The molecule has 0 fully saturated rings. The van der Waals surface area contributed by atoms with E-state index in [0.717, 1.165) is 11.1 Å². The van der Waals surface area contributed by atoms with Gasteiger partial charge in [-0.15, -0.1) is 0 Å². The normalized spacial score (nSPS) is 7.75. The molecule has 3 nitrogen and oxygen atoms in total. The van der Waals surface area contributed by atoms with E-state index in [1.165, 1.54) is 0 Å². The van der Waals surface area contributed by atoms with Crippen LogP contribution in [0.25, 0.3) is 0 Å². The van der Waals surface area contributed by atoms with Gasteiger partial charge in [0.25, 0.3) is 0 Å². The summed E-state index contributed by atoms with van der Waals surface area (Å²) in [4.78, 5) is 10.2. The van der Waals surface area contributed by atoms with E-state index in [1.54, 1.807) is 0 Å². The molecule has 2 aromatic rings. The average molecular weight is 350 g/mol. The molecule has 0 aliphatic heterocycles. The topological polar surface area (TPSA) is 46.5 Å². The third-order valence-corrected chi connectivity index (χ3v) is 2.33. The van der Waals surface area contributed by atoms with E-state index in [2.05, 4.69) is 4.74 Å². The highest BCUT2D eigenvalue weighted by Gasteiger charge is 1.95. The third kappa shape index (κ3) is 16.6. The van der Waals surface area contributed by atoms with E-state index in [9.17, 15) is 4.79 Å². The molecule has 2 aromatic carbocycles. The van der Waals surface area contributed by atoms with Crippen LogP contribution in [0.15, 0.2) is 60.7 Å². The van der Waals surface area contributed by atoms with Crippen LogP contribution in [0.4, 0.5) is 4.79 Å². The van der Waals surface area contributed by atoms with Crippen LogP contribution in [0.1, 0.15) is 38.8 Å². The molecule has 0 unspecified atom stereocenters. The van der Waals surface area contributed by atoms with Gasteiger partial charge < -0.3 is 9.84 Å². The molecule has 1 N–H and O–H groups in total. The Morgan fingerprint density at radius 2 is 1.25 bits per heavy atom. The van der Waals surface area contributed by atoms with E-state index in [0.29, 0.717) is 0 Å². The molecule has 0 aromatic heterocycles. The minimum absolute atomic E-state index is 0. The molecule has 0 heterocycles. The largest absolute Gasteiger partial charge is 0.449 e. The summed E-state index contributed by atoms with van der Waals surface area (Å²) in [6, 6.07) is 18.9. The fourth-order valence-electron chi connectivity index (χ4n) is 1.30. The van der Waals surface area contributed by atoms with Gasteiger partial charge in [0.15, 0.2) is 0 Å². The summed E-state index contributed by atoms with van der Waals surface area (Å²) < 4.78 is 4.55. The van der Waals surface area contributed by atoms with Gasteiger partial charge in [0, 0.05) is 20.0 Å². The lowest BCUT2D eigenvalue weighted by molar-refractivity contribution is 0.167. The zero-order chi connectivity index (χ0) is 17.9. The molecule has 0 atom stereocenters. The first-order valence-corrected chi connectivity index (χ1v) is 8.11. The molecule has 24 heavy (non-hydrogen) atoms. The van der Waals surface area contributed by atoms with Gasteiger partial charge in [-0.1, -0.05) is 88.4 Å². The van der Waals surface area contributed by atoms with Crippen LogP contribution < -0.4 is 0 Å². The average Bonchev–Trinajstić information content (AvgIpc) is 2.65. The van der Waals surface area contributed by atoms with Gasteiger partial charge in [-0.3, -0.25) is 0 Å². The number of benzene rings is 2. The van der Waals surface area contributed by atoms with Crippen molar-refractivity contribution in [3.63, 3.8) is 0 Å². The van der Waals surface area contributed by atoms with E-state index in [4.69, 9.17) is 16.7 Å². The molecule has 0 spiro atoms. The summed E-state index contributed by atoms with van der Waals surface area (Å²) in [5.74, 6) is 0. The van der Waals surface area contributed by atoms with Crippen LogP contribution in [-0.4, -0.2) is 18.9 Å². The Bertz CT molecular complexity index is 478. The van der Waals surface area contributed by atoms with Crippen LogP contribution in [0.2, 0.25) is 0 Å². The Morgan fingerprint density at radius 1 is 0.875 bits per heavy atom. The van der Waals surface area contributed by atoms with Crippen LogP contribution in [0, 0.1) is 0 Å². The Kier molecular flexibility index (Phi) is 24.0. The van der Waals surface area contributed by atoms with Gasteiger partial charge in [0.05, 0.1) is 6.61 Å². The maximum atomic E-state index is 10.2. The number of aliphatic hydroxyl groups is 1. The summed E-state index contributed by atoms with van der Waals surface area (Å²) in [5.41, 5.74) is 1.13. The second kappa shape index (κ2) is 21.2. The minimum atomic E-state index is -0.770. The maximum Gasteiger partial charge on any atom is 0.404 e. The molecule has 0 aliphatic rings. The molecule has 0 aliphatic carbocycles. The SMILES string of the molecule is CC.CC.O=C(Cl)OCc1ccccc1.OCc1ccccc1.[B]. The van der Waals surface area contributed by atoms with Gasteiger partial charge in [0.1, 0.15) is 6.61 Å². The van der Waals surface area contributed by atoms with Crippen molar-refractivity contribution in [2.75, 3.05) is 0 Å². The van der Waals surface area contributed by atoms with Crippen molar-refractivity contribution in [2.45, 2.75) is 40.9 Å². The summed E-state index contributed by atoms with van der Waals surface area (Å²) in [5, 5.41) is 8.54. The van der Waals surface area contributed by atoms with Gasteiger partial charge in [-0.2, -0.15) is 0 Å². The molecule has 5 heteroatoms. The Labute approximate surface area is 153 Å². The number of ether oxygens (including phenoxy) is 1. The van der Waals surface area contributed by atoms with Crippen molar-refractivity contribution < 1.29 is 14.6 Å². The number of carbonyl (C=O) groups is 1. The molecular formula is C19H27BClO3. The Balaban J connectivity index is -0.000000302. The van der Waals surface area contributed by atoms with Gasteiger partial charge in [-0.05, 0) is 11.1 Å². The number of carbonyl (C=O) groups excluding carboxylic acids is 1. The van der Waals surface area contributed by atoms with E-state index in [1.807, 2.05) is 88.4 Å². The number of rotatable bonds is 3. The number of halogens is 1. The van der Waals surface area contributed by atoms with E-state index >= 15 is 0 Å². The van der Waals surface area contributed by atoms with Crippen molar-refractivity contribution in [1.82, 2.24) is 0 Å². The Morgan fingerprint density at radius 3 is 1.54 bits per heavy atom. The third-order valence-electron chi connectivity index (χ3n) is 2.22. The predicted octanol–water partition coefficient (Wildman–Crippen LogP) is 5.41. The van der Waals surface area contributed by atoms with Crippen LogP contribution in [0.5, 0.6) is 0 Å². The first-order valence-electron chi connectivity index (χ1n) is 7.73. The maximum absolute atomic E-state index is 10.2. The lowest BCUT2D eigenvalue weighted by Gasteiger charge is -1.98. The molecule has 0 bridgehead atoms. The smallest absolute Gasteiger partial charge is 0.404 e. The molecule has 0 saturated heterocycles. The zero-order valence-corrected chi connectivity index (χ0v) is 15.7. The Hall–Kier alpha value is -1.78. The van der Waals surface area contributed by atoms with Gasteiger partial charge in [0.2, 0.25) is 0 Å². The van der Waals surface area contributed by atoms with Crippen LogP contribution >= 0.6 is 11.6 Å². The highest BCUT2D eigenvalue weighted by molar-refractivity contribution is 6.61. The molecule has 0 saturated carbocycles. The highest BCUT2D eigenvalue weighted by Crippen LogP contribution is 2.01. The highest BCUT2D eigenvalue weighted by atomic mass is 35.5. The standard InChI is InChI=1S/C8H7ClO2.C7H8O.2C2H6.B/c9-8(10)11-6-7-4-2-1-3-5-7;8-6-7-4-2-1-3-5-7;2*1-2;/h1-5H,6H2;1-5,8H,6H2;2*1-2H3;. The van der Waals surface area contributed by atoms with Crippen LogP contribution in [0.3, 0.4) is 0 Å². The minimum Gasteiger partial charge on any atom is -0.449 e. The summed E-state index contributed by atoms with van der Waals surface area (Å²) in [6.45, 7) is 8.38. The van der Waals surface area contributed by atoms with Crippen LogP contribution in [-0.2, 0) is 18.0 Å². The van der Waals surface area contributed by atoms with Crippen molar-refractivity contribution in [1.29, 1.82) is 0 Å². The first kappa shape index (κ1) is 27.1. The second-order valence-corrected chi connectivity index (χ2v) is 3.96. The van der Waals surface area contributed by atoms with E-state index in [-0.39, 0.29) is 21.6 Å². The molecule has 131 valence electrons. The lowest BCUT2D eigenvalue weighted by Crippen LogP contribution is -1.93. The number of hydrogen-bond acceptors (Lipinski definition) is 3. The molecular weight excluding hydrogens is 322 g/mol. The molecule has 2 rings (SSSR count). The molecule has 3 radical (unpaired) electrons. The summed E-state index contributed by atoms with van der Waals surface area (Å²) in [6.07, 6.45) is 0. The fraction of sp³-hybridized carbons (Fsp3) is 0.316. The first-order chi connectivity index (χ1) is 11.2. The number of aliphatic hydroxyl groups excluding tert-OH is 1. The molecule has 0 amide bonds. The van der Waals surface area contributed by atoms with Crippen molar-refractivity contribution in [3.05, 3.63) is 71.8 Å². The second-order valence-electron chi connectivity index (χ2n) is 3.66. The summed E-state index contributed by atoms with van der Waals surface area (Å²) in [7, 11) is 0. The van der Waals surface area contributed by atoms with E-state index < -0.39 is 5.43 Å². The van der Waals surface area contributed by atoms with Crippen molar-refractivity contribution >= 4 is 25.4 Å². The fourth-order valence-corrected chi connectivity index (χ4v) is 1.35. The van der Waals surface area contributed by atoms with Gasteiger partial charge in [-0.25, -0.2) is 4.79 Å². The zero-order valence-electron chi connectivity index (χ0n) is 14.9. The lowest BCUT2D eigenvalue weighted by atomic mass is 10.2.